The van der Waals surface area contributed by atoms with Crippen LogP contribution in [0.2, 0.25) is 0 Å². The topological polar surface area (TPSA) is 94.0 Å². The van der Waals surface area contributed by atoms with E-state index in [-0.39, 0.29) is 11.9 Å². The smallest absolute Gasteiger partial charge is 0.260 e. The maximum atomic E-state index is 12.0. The number of carbonyl (C=O) groups excluding carboxylic acids is 1. The van der Waals surface area contributed by atoms with Crippen LogP contribution in [0.4, 0.5) is 5.69 Å². The maximum Gasteiger partial charge on any atom is 0.260 e. The summed E-state index contributed by atoms with van der Waals surface area (Å²) in [6.07, 6.45) is 2.04. The molecular formula is C15H20N4O2. The molecule has 1 aromatic carbocycles. The number of nitrogens with one attached hydrogen (secondary N) is 1. The third kappa shape index (κ3) is 4.39. The molecule has 0 saturated heterocycles. The van der Waals surface area contributed by atoms with Crippen molar-refractivity contribution in [2.45, 2.75) is 39.2 Å². The number of amides is 1. The zero-order valence-electron chi connectivity index (χ0n) is 12.3. The molecule has 0 bridgehead atoms. The molecule has 3 N–H and O–H groups in total. The van der Waals surface area contributed by atoms with Crippen molar-refractivity contribution in [3.05, 3.63) is 30.1 Å². The third-order valence-electron chi connectivity index (χ3n) is 3.02. The lowest BCUT2D eigenvalue weighted by Gasteiger charge is -2.09. The van der Waals surface area contributed by atoms with Gasteiger partial charge in [0, 0.05) is 12.5 Å². The Bertz CT molecular complexity index is 607. The third-order valence-corrected chi connectivity index (χ3v) is 3.02. The molecule has 2 aromatic rings. The molecule has 1 atom stereocenters. The fourth-order valence-electron chi connectivity index (χ4n) is 1.98. The minimum atomic E-state index is -0.0423. The first-order valence-electron chi connectivity index (χ1n) is 7.01. The Morgan fingerprint density at radius 1 is 1.43 bits per heavy atom. The van der Waals surface area contributed by atoms with E-state index in [1.807, 2.05) is 31.2 Å². The van der Waals surface area contributed by atoms with Crippen LogP contribution in [0, 0.1) is 6.92 Å². The van der Waals surface area contributed by atoms with Crippen LogP contribution < -0.4 is 11.1 Å². The van der Waals surface area contributed by atoms with Crippen LogP contribution in [0.15, 0.2) is 28.8 Å². The van der Waals surface area contributed by atoms with Gasteiger partial charge in [0.15, 0.2) is 5.82 Å². The first kappa shape index (κ1) is 15.2. The second-order valence-electron chi connectivity index (χ2n) is 5.11. The number of aryl methyl sites for hydroxylation is 1. The molecular weight excluding hydrogens is 268 g/mol. The highest BCUT2D eigenvalue weighted by Gasteiger charge is 2.13. The van der Waals surface area contributed by atoms with E-state index in [0.29, 0.717) is 23.8 Å². The van der Waals surface area contributed by atoms with Crippen LogP contribution in [-0.2, 0) is 4.79 Å². The Labute approximate surface area is 123 Å². The Morgan fingerprint density at radius 3 is 2.86 bits per heavy atom. The van der Waals surface area contributed by atoms with Gasteiger partial charge in [0.1, 0.15) is 0 Å². The minimum absolute atomic E-state index is 0.0423. The van der Waals surface area contributed by atoms with Crippen LogP contribution in [0.5, 0.6) is 0 Å². The number of anilines is 1. The first-order chi connectivity index (χ1) is 10.1. The van der Waals surface area contributed by atoms with Crippen molar-refractivity contribution >= 4 is 11.6 Å². The van der Waals surface area contributed by atoms with Crippen molar-refractivity contribution in [2.75, 3.05) is 5.32 Å². The predicted octanol–water partition coefficient (Wildman–Crippen LogP) is 2.50. The molecule has 112 valence electrons. The van der Waals surface area contributed by atoms with Gasteiger partial charge in [-0.15, -0.1) is 0 Å². The standard InChI is InChI=1S/C15H20N4O2/c1-10(16)6-5-9-14(20)18-13-8-4-3-7-12(13)15-17-11(2)19-21-15/h3-4,7-8,10H,5-6,9,16H2,1-2H3,(H,18,20). The molecule has 1 heterocycles. The number of aromatic nitrogens is 2. The maximum absolute atomic E-state index is 12.0. The Kier molecular flexibility index (Phi) is 5.05. The molecule has 1 unspecified atom stereocenters. The zero-order valence-corrected chi connectivity index (χ0v) is 12.3. The number of nitrogens with two attached hydrogens (primary N) is 1. The zero-order chi connectivity index (χ0) is 15.2. The molecule has 0 fully saturated rings. The Hall–Kier alpha value is -2.21. The number of nitrogens with zero attached hydrogens (tertiary/aromatic N) is 2. The summed E-state index contributed by atoms with van der Waals surface area (Å²) in [4.78, 5) is 16.2. The van der Waals surface area contributed by atoms with Gasteiger partial charge < -0.3 is 15.6 Å². The van der Waals surface area contributed by atoms with Gasteiger partial charge in [-0.3, -0.25) is 4.79 Å². The van der Waals surface area contributed by atoms with Crippen molar-refractivity contribution in [2.24, 2.45) is 5.73 Å². The van der Waals surface area contributed by atoms with Crippen LogP contribution in [0.25, 0.3) is 11.5 Å². The number of hydrogen-bond acceptors (Lipinski definition) is 5. The van der Waals surface area contributed by atoms with Gasteiger partial charge in [-0.2, -0.15) is 4.98 Å². The van der Waals surface area contributed by atoms with Gasteiger partial charge in [0.2, 0.25) is 5.91 Å². The van der Waals surface area contributed by atoms with Crippen molar-refractivity contribution in [3.63, 3.8) is 0 Å². The second kappa shape index (κ2) is 6.99. The van der Waals surface area contributed by atoms with Crippen LogP contribution in [0.1, 0.15) is 32.0 Å². The Morgan fingerprint density at radius 2 is 2.19 bits per heavy atom. The first-order valence-corrected chi connectivity index (χ1v) is 7.01. The van der Waals surface area contributed by atoms with E-state index < -0.39 is 0 Å². The number of hydrogen-bond donors (Lipinski definition) is 2. The average Bonchev–Trinajstić information content (AvgIpc) is 2.85. The summed E-state index contributed by atoms with van der Waals surface area (Å²) < 4.78 is 5.16. The molecule has 0 aliphatic carbocycles. The van der Waals surface area contributed by atoms with Gasteiger partial charge in [-0.25, -0.2) is 0 Å². The van der Waals surface area contributed by atoms with E-state index in [9.17, 15) is 4.79 Å². The van der Waals surface area contributed by atoms with Crippen LogP contribution in [0.3, 0.4) is 0 Å². The number of carbonyl (C=O) groups is 1. The molecule has 2 rings (SSSR count). The van der Waals surface area contributed by atoms with Gasteiger partial charge in [0.25, 0.3) is 5.89 Å². The molecule has 1 aromatic heterocycles. The molecule has 6 heteroatoms. The highest BCUT2D eigenvalue weighted by Crippen LogP contribution is 2.26. The number of rotatable bonds is 6. The summed E-state index contributed by atoms with van der Waals surface area (Å²) in [5.74, 6) is 0.918. The van der Waals surface area contributed by atoms with Crippen LogP contribution in [-0.4, -0.2) is 22.1 Å². The summed E-state index contributed by atoms with van der Waals surface area (Å²) >= 11 is 0. The lowest BCUT2D eigenvalue weighted by molar-refractivity contribution is -0.116. The molecule has 0 aliphatic rings. The largest absolute Gasteiger partial charge is 0.334 e. The van der Waals surface area contributed by atoms with E-state index in [1.54, 1.807) is 6.92 Å². The molecule has 1 amide bonds. The summed E-state index contributed by atoms with van der Waals surface area (Å²) in [5, 5.41) is 6.65. The van der Waals surface area contributed by atoms with Gasteiger partial charge in [-0.05, 0) is 38.8 Å². The monoisotopic (exact) mass is 288 g/mol. The summed E-state index contributed by atoms with van der Waals surface area (Å²) in [7, 11) is 0. The molecule has 0 saturated carbocycles. The molecule has 0 aliphatic heterocycles. The van der Waals surface area contributed by atoms with Crippen molar-refractivity contribution in [1.29, 1.82) is 0 Å². The summed E-state index contributed by atoms with van der Waals surface area (Å²) in [6.45, 7) is 3.69. The van der Waals surface area contributed by atoms with Crippen molar-refractivity contribution < 1.29 is 9.32 Å². The lowest BCUT2D eigenvalue weighted by atomic mass is 10.1. The average molecular weight is 288 g/mol. The van der Waals surface area contributed by atoms with E-state index in [2.05, 4.69) is 15.5 Å². The van der Waals surface area contributed by atoms with E-state index in [1.165, 1.54) is 0 Å². The summed E-state index contributed by atoms with van der Waals surface area (Å²) in [6, 6.07) is 7.49. The van der Waals surface area contributed by atoms with Gasteiger partial charge in [-0.1, -0.05) is 17.3 Å². The van der Waals surface area contributed by atoms with Crippen LogP contribution >= 0.6 is 0 Å². The SMILES string of the molecule is Cc1noc(-c2ccccc2NC(=O)CCCC(C)N)n1. The second-order valence-corrected chi connectivity index (χ2v) is 5.11. The van der Waals surface area contributed by atoms with E-state index in [4.69, 9.17) is 10.3 Å². The molecule has 21 heavy (non-hydrogen) atoms. The number of para-hydroxylation sites is 1. The van der Waals surface area contributed by atoms with E-state index in [0.717, 1.165) is 18.4 Å². The minimum Gasteiger partial charge on any atom is -0.334 e. The lowest BCUT2D eigenvalue weighted by Crippen LogP contribution is -2.17. The fourth-order valence-corrected chi connectivity index (χ4v) is 1.98. The van der Waals surface area contributed by atoms with Gasteiger partial charge >= 0.3 is 0 Å². The highest BCUT2D eigenvalue weighted by molar-refractivity contribution is 5.94. The normalized spacial score (nSPS) is 12.1. The molecule has 0 radical (unpaired) electrons. The van der Waals surface area contributed by atoms with E-state index >= 15 is 0 Å². The molecule has 6 nitrogen and oxygen atoms in total. The van der Waals surface area contributed by atoms with Crippen molar-refractivity contribution in [3.8, 4) is 11.5 Å². The Balaban J connectivity index is 2.05. The summed E-state index contributed by atoms with van der Waals surface area (Å²) in [5.41, 5.74) is 7.07. The quantitative estimate of drug-likeness (QED) is 0.851. The molecule has 0 spiro atoms. The highest BCUT2D eigenvalue weighted by atomic mass is 16.5. The van der Waals surface area contributed by atoms with Crippen molar-refractivity contribution in [1.82, 2.24) is 10.1 Å². The fraction of sp³-hybridized carbons (Fsp3) is 0.400. The number of benzene rings is 1. The van der Waals surface area contributed by atoms with Gasteiger partial charge in [0.05, 0.1) is 11.3 Å². The predicted molar refractivity (Wildman–Crippen MR) is 80.6 cm³/mol.